The molecule has 4 heteroatoms. The summed E-state index contributed by atoms with van der Waals surface area (Å²) in [4.78, 5) is 2.37. The van der Waals surface area contributed by atoms with E-state index in [1.165, 1.54) is 0 Å². The van der Waals surface area contributed by atoms with Crippen molar-refractivity contribution < 1.29 is 9.26 Å². The lowest BCUT2D eigenvalue weighted by atomic mass is 10.1. The summed E-state index contributed by atoms with van der Waals surface area (Å²) >= 11 is 0. The molecule has 0 amide bonds. The lowest BCUT2D eigenvalue weighted by molar-refractivity contribution is 0.0516. The van der Waals surface area contributed by atoms with Crippen molar-refractivity contribution in [3.8, 4) is 0 Å². The summed E-state index contributed by atoms with van der Waals surface area (Å²) in [5, 5.41) is 3.93. The molecule has 4 nitrogen and oxygen atoms in total. The fourth-order valence-corrected chi connectivity index (χ4v) is 2.10. The van der Waals surface area contributed by atoms with Crippen LogP contribution in [0.5, 0.6) is 0 Å². The first kappa shape index (κ1) is 12.6. The van der Waals surface area contributed by atoms with Gasteiger partial charge in [-0.05, 0) is 18.8 Å². The van der Waals surface area contributed by atoms with Crippen LogP contribution in [-0.2, 0) is 11.3 Å². The zero-order chi connectivity index (χ0) is 12.1. The lowest BCUT2D eigenvalue weighted by Crippen LogP contribution is -2.23. The predicted octanol–water partition coefficient (Wildman–Crippen LogP) is 2.31. The molecule has 1 aliphatic heterocycles. The van der Waals surface area contributed by atoms with Gasteiger partial charge in [0, 0.05) is 32.3 Å². The number of nitrogens with zero attached hydrogens (tertiary/aromatic N) is 2. The molecule has 1 saturated heterocycles. The second-order valence-corrected chi connectivity index (χ2v) is 5.19. The second-order valence-electron chi connectivity index (χ2n) is 5.19. The predicted molar refractivity (Wildman–Crippen MR) is 65.6 cm³/mol. The molecule has 0 bridgehead atoms. The molecule has 0 aromatic carbocycles. The van der Waals surface area contributed by atoms with E-state index in [9.17, 15) is 0 Å². The highest BCUT2D eigenvalue weighted by Crippen LogP contribution is 2.16. The third-order valence-corrected chi connectivity index (χ3v) is 3.15. The van der Waals surface area contributed by atoms with Crippen molar-refractivity contribution in [1.29, 1.82) is 0 Å². The van der Waals surface area contributed by atoms with E-state index in [1.54, 1.807) is 6.26 Å². The Labute approximate surface area is 103 Å². The molecule has 1 fully saturated rings. The monoisotopic (exact) mass is 238 g/mol. The van der Waals surface area contributed by atoms with Gasteiger partial charge in [0.2, 0.25) is 0 Å². The van der Waals surface area contributed by atoms with E-state index in [0.29, 0.717) is 6.10 Å². The van der Waals surface area contributed by atoms with Crippen molar-refractivity contribution in [3.63, 3.8) is 0 Å². The van der Waals surface area contributed by atoms with Crippen LogP contribution in [-0.4, -0.2) is 35.9 Å². The maximum Gasteiger partial charge on any atom is 0.124 e. The average molecular weight is 238 g/mol. The first-order valence-electron chi connectivity index (χ1n) is 6.47. The Morgan fingerprint density at radius 3 is 3.18 bits per heavy atom. The molecule has 2 rings (SSSR count). The van der Waals surface area contributed by atoms with E-state index >= 15 is 0 Å². The smallest absolute Gasteiger partial charge is 0.124 e. The topological polar surface area (TPSA) is 38.5 Å². The van der Waals surface area contributed by atoms with Crippen molar-refractivity contribution in [1.82, 2.24) is 10.1 Å². The summed E-state index contributed by atoms with van der Waals surface area (Å²) in [6.07, 6.45) is 4.32. The van der Waals surface area contributed by atoms with Gasteiger partial charge in [-0.25, -0.2) is 0 Å². The maximum atomic E-state index is 5.88. The Kier molecular flexibility index (Phi) is 4.57. The van der Waals surface area contributed by atoms with Crippen LogP contribution in [0.4, 0.5) is 0 Å². The zero-order valence-electron chi connectivity index (χ0n) is 10.8. The van der Waals surface area contributed by atoms with Crippen molar-refractivity contribution >= 4 is 0 Å². The molecule has 96 valence electrons. The van der Waals surface area contributed by atoms with Gasteiger partial charge in [0.15, 0.2) is 0 Å². The van der Waals surface area contributed by atoms with E-state index in [4.69, 9.17) is 9.26 Å². The molecule has 0 saturated carbocycles. The number of likely N-dealkylation sites (tertiary alicyclic amines) is 1. The van der Waals surface area contributed by atoms with Crippen molar-refractivity contribution in [3.05, 3.63) is 18.0 Å². The quantitative estimate of drug-likeness (QED) is 0.762. The Hall–Kier alpha value is -0.870. The number of hydrogen-bond acceptors (Lipinski definition) is 4. The Balaban J connectivity index is 1.65. The SMILES string of the molecule is CC(C)CCO[C@@H]1CCN(Cc2ccon2)C1. The minimum atomic E-state index is 0.403. The highest BCUT2D eigenvalue weighted by molar-refractivity contribution is 4.96. The molecule has 0 spiro atoms. The van der Waals surface area contributed by atoms with Gasteiger partial charge in [0.25, 0.3) is 0 Å². The first-order chi connectivity index (χ1) is 8.24. The number of ether oxygens (including phenoxy) is 1. The van der Waals surface area contributed by atoms with Gasteiger partial charge in [0.05, 0.1) is 11.8 Å². The summed E-state index contributed by atoms with van der Waals surface area (Å²) in [5.74, 6) is 0.725. The molecule has 2 heterocycles. The van der Waals surface area contributed by atoms with Gasteiger partial charge in [-0.2, -0.15) is 0 Å². The summed E-state index contributed by atoms with van der Waals surface area (Å²) < 4.78 is 10.7. The number of hydrogen-bond donors (Lipinski definition) is 0. The summed E-state index contributed by atoms with van der Waals surface area (Å²) in [7, 11) is 0. The maximum absolute atomic E-state index is 5.88. The van der Waals surface area contributed by atoms with E-state index in [1.807, 2.05) is 6.07 Å². The molecule has 0 N–H and O–H groups in total. The van der Waals surface area contributed by atoms with Gasteiger partial charge < -0.3 is 9.26 Å². The van der Waals surface area contributed by atoms with Crippen LogP contribution in [0.15, 0.2) is 16.9 Å². The molecule has 0 aliphatic carbocycles. The fraction of sp³-hybridized carbons (Fsp3) is 0.769. The van der Waals surface area contributed by atoms with Crippen LogP contribution in [0.25, 0.3) is 0 Å². The van der Waals surface area contributed by atoms with Gasteiger partial charge >= 0.3 is 0 Å². The molecule has 0 radical (unpaired) electrons. The molecule has 1 aromatic rings. The van der Waals surface area contributed by atoms with Crippen LogP contribution < -0.4 is 0 Å². The van der Waals surface area contributed by atoms with E-state index in [-0.39, 0.29) is 0 Å². The normalized spacial score (nSPS) is 21.5. The first-order valence-corrected chi connectivity index (χ1v) is 6.47. The second kappa shape index (κ2) is 6.17. The van der Waals surface area contributed by atoms with E-state index in [0.717, 1.165) is 50.7 Å². The molecule has 1 aliphatic rings. The average Bonchev–Trinajstić information content (AvgIpc) is 2.90. The third kappa shape index (κ3) is 4.13. The Morgan fingerprint density at radius 1 is 1.59 bits per heavy atom. The molecule has 1 aromatic heterocycles. The van der Waals surface area contributed by atoms with Crippen LogP contribution in [0.1, 0.15) is 32.4 Å². The van der Waals surface area contributed by atoms with Crippen LogP contribution in [0.3, 0.4) is 0 Å². The van der Waals surface area contributed by atoms with Crippen molar-refractivity contribution in [2.45, 2.75) is 39.3 Å². The Bertz CT molecular complexity index is 311. The van der Waals surface area contributed by atoms with Crippen molar-refractivity contribution in [2.75, 3.05) is 19.7 Å². The third-order valence-electron chi connectivity index (χ3n) is 3.15. The lowest BCUT2D eigenvalue weighted by Gasteiger charge is -2.15. The molecule has 1 atom stereocenters. The molecule has 0 unspecified atom stereocenters. The van der Waals surface area contributed by atoms with E-state index < -0.39 is 0 Å². The molecular weight excluding hydrogens is 216 g/mol. The van der Waals surface area contributed by atoms with Crippen LogP contribution in [0, 0.1) is 5.92 Å². The fourth-order valence-electron chi connectivity index (χ4n) is 2.10. The highest BCUT2D eigenvalue weighted by atomic mass is 16.5. The van der Waals surface area contributed by atoms with Gasteiger partial charge in [0.1, 0.15) is 6.26 Å². The minimum Gasteiger partial charge on any atom is -0.377 e. The van der Waals surface area contributed by atoms with Crippen LogP contribution in [0.2, 0.25) is 0 Å². The highest BCUT2D eigenvalue weighted by Gasteiger charge is 2.23. The summed E-state index contributed by atoms with van der Waals surface area (Å²) in [6, 6.07) is 1.92. The molecule has 17 heavy (non-hydrogen) atoms. The Morgan fingerprint density at radius 2 is 2.47 bits per heavy atom. The standard InChI is InChI=1S/C13H22N2O2/c1-11(2)4-7-16-13-3-6-15(10-13)9-12-5-8-17-14-12/h5,8,11,13H,3-4,6-7,9-10H2,1-2H3/t13-/m1/s1. The van der Waals surface area contributed by atoms with Gasteiger partial charge in [-0.3, -0.25) is 4.90 Å². The summed E-state index contributed by atoms with van der Waals surface area (Å²) in [5.41, 5.74) is 1.01. The van der Waals surface area contributed by atoms with E-state index in [2.05, 4.69) is 23.9 Å². The number of aromatic nitrogens is 1. The summed E-state index contributed by atoms with van der Waals surface area (Å²) in [6.45, 7) is 8.34. The zero-order valence-corrected chi connectivity index (χ0v) is 10.8. The number of rotatable bonds is 6. The van der Waals surface area contributed by atoms with Gasteiger partial charge in [-0.1, -0.05) is 19.0 Å². The largest absolute Gasteiger partial charge is 0.377 e. The van der Waals surface area contributed by atoms with Crippen molar-refractivity contribution in [2.24, 2.45) is 5.92 Å². The minimum absolute atomic E-state index is 0.403. The van der Waals surface area contributed by atoms with Gasteiger partial charge in [-0.15, -0.1) is 0 Å². The van der Waals surface area contributed by atoms with Crippen LogP contribution >= 0.6 is 0 Å². The molecular formula is C13H22N2O2.